The molecule has 0 unspecified atom stereocenters. The molecule has 3 N–H and O–H groups in total. The third kappa shape index (κ3) is 5.89. The molecule has 0 aliphatic carbocycles. The highest BCUT2D eigenvalue weighted by molar-refractivity contribution is 5.98. The molecule has 11 nitrogen and oxygen atoms in total. The van der Waals surface area contributed by atoms with Crippen molar-refractivity contribution in [1.29, 1.82) is 5.26 Å². The van der Waals surface area contributed by atoms with Gasteiger partial charge in [-0.1, -0.05) is 32.0 Å². The summed E-state index contributed by atoms with van der Waals surface area (Å²) < 4.78 is 8.96. The highest BCUT2D eigenvalue weighted by Crippen LogP contribution is 2.27. The summed E-state index contributed by atoms with van der Waals surface area (Å²) in [6.07, 6.45) is 3.01. The number of hydrogen-bond acceptors (Lipinski definition) is 8. The lowest BCUT2D eigenvalue weighted by atomic mass is 9.96. The molecular weight excluding hydrogens is 532 g/mol. The number of benzene rings is 2. The van der Waals surface area contributed by atoms with Crippen molar-refractivity contribution in [3.05, 3.63) is 83.1 Å². The fraction of sp³-hybridized carbons (Fsp3) is 0.323. The Morgan fingerprint density at radius 1 is 1.14 bits per heavy atom. The molecule has 5 rings (SSSR count). The number of likely N-dealkylation sites (tertiary alicyclic amines) is 1. The Balaban J connectivity index is 1.35. The molecular formula is C31H34N8O3. The monoisotopic (exact) mass is 566 g/mol. The molecule has 0 bridgehead atoms. The molecule has 3 heterocycles. The molecule has 42 heavy (non-hydrogen) atoms. The van der Waals surface area contributed by atoms with Crippen molar-refractivity contribution in [1.82, 2.24) is 29.3 Å². The van der Waals surface area contributed by atoms with Crippen LogP contribution in [-0.4, -0.2) is 54.6 Å². The van der Waals surface area contributed by atoms with Crippen LogP contribution in [0.25, 0.3) is 16.9 Å². The van der Waals surface area contributed by atoms with Crippen molar-refractivity contribution in [3.63, 3.8) is 0 Å². The van der Waals surface area contributed by atoms with E-state index < -0.39 is 5.54 Å². The minimum atomic E-state index is -0.514. The molecule has 1 fully saturated rings. The average molecular weight is 567 g/mol. The fourth-order valence-corrected chi connectivity index (χ4v) is 5.36. The maximum atomic E-state index is 13.7. The molecule has 11 heteroatoms. The standard InChI is InChI=1S/C31H34N8O3/c1-20(2)36-31(3,4)14-22(15-32)29(40)37-16-21(17-37)18-38-28-26(27(33)34-19-35-28)39(30(38)41)23-10-12-25(13-11-23)42-24-8-6-5-7-9-24/h5-14,19-21,36H,16-18H2,1-4H3,(H2,33,34,35). The van der Waals surface area contributed by atoms with E-state index in [2.05, 4.69) is 21.4 Å². The Kier molecular flexibility index (Phi) is 7.83. The minimum absolute atomic E-state index is 0.00489. The molecule has 4 aromatic rings. The number of para-hydroxylation sites is 1. The summed E-state index contributed by atoms with van der Waals surface area (Å²) in [4.78, 5) is 36.9. The number of hydrogen-bond donors (Lipinski definition) is 2. The van der Waals surface area contributed by atoms with Gasteiger partial charge in [0.05, 0.1) is 5.69 Å². The van der Waals surface area contributed by atoms with E-state index in [1.54, 1.807) is 39.8 Å². The number of imidazole rings is 1. The topological polar surface area (TPSA) is 144 Å². The van der Waals surface area contributed by atoms with E-state index in [1.807, 2.05) is 58.0 Å². The zero-order valence-corrected chi connectivity index (χ0v) is 24.1. The lowest BCUT2D eigenvalue weighted by Gasteiger charge is -2.39. The summed E-state index contributed by atoms with van der Waals surface area (Å²) in [5, 5.41) is 13.0. The van der Waals surface area contributed by atoms with Gasteiger partial charge in [0.25, 0.3) is 5.91 Å². The first-order valence-corrected chi connectivity index (χ1v) is 13.8. The smallest absolute Gasteiger partial charge is 0.335 e. The maximum Gasteiger partial charge on any atom is 0.335 e. The van der Waals surface area contributed by atoms with Crippen LogP contribution < -0.4 is 21.5 Å². The highest BCUT2D eigenvalue weighted by Gasteiger charge is 2.34. The second-order valence-corrected chi connectivity index (χ2v) is 11.3. The van der Waals surface area contributed by atoms with Crippen LogP contribution in [0.3, 0.4) is 0 Å². The Morgan fingerprint density at radius 3 is 2.45 bits per heavy atom. The van der Waals surface area contributed by atoms with Crippen LogP contribution in [0, 0.1) is 17.2 Å². The summed E-state index contributed by atoms with van der Waals surface area (Å²) in [6, 6.07) is 18.8. The number of aromatic nitrogens is 4. The number of rotatable bonds is 9. The molecule has 0 atom stereocenters. The minimum Gasteiger partial charge on any atom is -0.457 e. The molecule has 2 aromatic carbocycles. The first kappa shape index (κ1) is 28.6. The third-order valence-corrected chi connectivity index (χ3v) is 7.01. The first-order chi connectivity index (χ1) is 20.1. The highest BCUT2D eigenvalue weighted by atomic mass is 16.5. The van der Waals surface area contributed by atoms with Gasteiger partial charge in [0.1, 0.15) is 35.0 Å². The molecule has 2 aromatic heterocycles. The fourth-order valence-electron chi connectivity index (χ4n) is 5.36. The van der Waals surface area contributed by atoms with E-state index in [0.717, 1.165) is 0 Å². The summed E-state index contributed by atoms with van der Waals surface area (Å²) >= 11 is 0. The van der Waals surface area contributed by atoms with Crippen LogP contribution in [0.4, 0.5) is 5.82 Å². The van der Waals surface area contributed by atoms with Gasteiger partial charge in [-0.05, 0) is 56.3 Å². The number of nitrogens with zero attached hydrogens (tertiary/aromatic N) is 6. The second kappa shape index (κ2) is 11.5. The third-order valence-electron chi connectivity index (χ3n) is 7.01. The molecule has 1 saturated heterocycles. The summed E-state index contributed by atoms with van der Waals surface area (Å²) in [7, 11) is 0. The number of ether oxygens (including phenoxy) is 1. The van der Waals surface area contributed by atoms with E-state index in [4.69, 9.17) is 10.5 Å². The summed E-state index contributed by atoms with van der Waals surface area (Å²) in [5.74, 6) is 1.21. The van der Waals surface area contributed by atoms with Gasteiger partial charge >= 0.3 is 5.69 Å². The summed E-state index contributed by atoms with van der Waals surface area (Å²) in [6.45, 7) is 9.05. The number of carbonyl (C=O) groups excluding carboxylic acids is 1. The largest absolute Gasteiger partial charge is 0.457 e. The molecule has 0 saturated carbocycles. The van der Waals surface area contributed by atoms with Gasteiger partial charge in [-0.25, -0.2) is 14.8 Å². The van der Waals surface area contributed by atoms with Crippen LogP contribution in [0.15, 0.2) is 77.4 Å². The first-order valence-electron chi connectivity index (χ1n) is 13.8. The van der Waals surface area contributed by atoms with E-state index >= 15 is 0 Å². The zero-order chi connectivity index (χ0) is 30.0. The van der Waals surface area contributed by atoms with Crippen molar-refractivity contribution in [2.45, 2.75) is 45.8 Å². The molecule has 1 amide bonds. The van der Waals surface area contributed by atoms with E-state index in [9.17, 15) is 14.9 Å². The van der Waals surface area contributed by atoms with Gasteiger partial charge in [0.2, 0.25) is 0 Å². The number of amides is 1. The number of nitrogen functional groups attached to an aromatic ring is 1. The Morgan fingerprint density at radius 2 is 1.81 bits per heavy atom. The van der Waals surface area contributed by atoms with Crippen molar-refractivity contribution in [2.75, 3.05) is 18.8 Å². The predicted molar refractivity (Wildman–Crippen MR) is 160 cm³/mol. The lowest BCUT2D eigenvalue weighted by Crippen LogP contribution is -2.52. The van der Waals surface area contributed by atoms with Gasteiger partial charge in [-0.15, -0.1) is 0 Å². The molecule has 0 radical (unpaired) electrons. The van der Waals surface area contributed by atoms with Crippen molar-refractivity contribution < 1.29 is 9.53 Å². The van der Waals surface area contributed by atoms with Gasteiger partial charge in [0.15, 0.2) is 11.5 Å². The summed E-state index contributed by atoms with van der Waals surface area (Å²) in [5.41, 5.74) is 6.94. The van der Waals surface area contributed by atoms with E-state index in [1.165, 1.54) is 10.9 Å². The van der Waals surface area contributed by atoms with Crippen LogP contribution in [0.2, 0.25) is 0 Å². The lowest BCUT2D eigenvalue weighted by molar-refractivity contribution is -0.133. The number of nitrogens with two attached hydrogens (primary N) is 1. The van der Waals surface area contributed by atoms with Crippen LogP contribution in [0.5, 0.6) is 11.5 Å². The zero-order valence-electron chi connectivity index (χ0n) is 24.1. The van der Waals surface area contributed by atoms with Gasteiger partial charge in [-0.2, -0.15) is 5.26 Å². The second-order valence-electron chi connectivity index (χ2n) is 11.3. The number of anilines is 1. The van der Waals surface area contributed by atoms with Crippen molar-refractivity contribution >= 4 is 22.9 Å². The molecule has 1 aliphatic heterocycles. The quantitative estimate of drug-likeness (QED) is 0.231. The molecule has 216 valence electrons. The normalized spacial score (nSPS) is 14.2. The number of nitriles is 1. The van der Waals surface area contributed by atoms with E-state index in [-0.39, 0.29) is 34.9 Å². The van der Waals surface area contributed by atoms with Crippen LogP contribution in [-0.2, 0) is 11.3 Å². The Labute approximate surface area is 243 Å². The number of carbonyl (C=O) groups is 1. The molecule has 1 aliphatic rings. The molecule has 0 spiro atoms. The Hall–Kier alpha value is -4.95. The number of fused-ring (bicyclic) bond motifs is 1. The van der Waals surface area contributed by atoms with Crippen molar-refractivity contribution in [2.24, 2.45) is 5.92 Å². The predicted octanol–water partition coefficient (Wildman–Crippen LogP) is 3.64. The maximum absolute atomic E-state index is 13.7. The van der Waals surface area contributed by atoms with E-state index in [0.29, 0.717) is 48.0 Å². The van der Waals surface area contributed by atoms with Crippen LogP contribution in [0.1, 0.15) is 27.7 Å². The van der Waals surface area contributed by atoms with Crippen LogP contribution >= 0.6 is 0 Å². The van der Waals surface area contributed by atoms with Gasteiger partial charge in [0, 0.05) is 37.1 Å². The van der Waals surface area contributed by atoms with Crippen molar-refractivity contribution in [3.8, 4) is 23.3 Å². The number of nitrogens with one attached hydrogen (secondary N) is 1. The average Bonchev–Trinajstić information content (AvgIpc) is 3.21. The van der Waals surface area contributed by atoms with Gasteiger partial charge in [-0.3, -0.25) is 13.9 Å². The Bertz CT molecular complexity index is 1720. The SMILES string of the molecule is CC(C)NC(C)(C)C=C(C#N)C(=O)N1CC(Cn2c(=O)n(-c3ccc(Oc4ccccc4)cc3)c3c(N)ncnc32)C1. The van der Waals surface area contributed by atoms with Gasteiger partial charge < -0.3 is 20.7 Å².